The molecular formula is C19H18N2O4. The van der Waals surface area contributed by atoms with Gasteiger partial charge in [0.25, 0.3) is 5.91 Å². The minimum atomic E-state index is -0.310. The molecule has 0 aliphatic rings. The summed E-state index contributed by atoms with van der Waals surface area (Å²) in [5, 5.41) is 2.76. The molecule has 0 saturated heterocycles. The maximum atomic E-state index is 12.2. The standard InChI is InChI=1S/C19H18N2O4/c1-23-15-3-5-17(24-2)13(11-15)12-16-4-6-18(25-16)19(22)21-14-7-9-20-10-8-14/h3-11H,12H2,1-2H3,(H,20,21,22). The lowest BCUT2D eigenvalue weighted by Crippen LogP contribution is -2.10. The number of pyridine rings is 1. The minimum absolute atomic E-state index is 0.244. The van der Waals surface area contributed by atoms with Gasteiger partial charge in [-0.2, -0.15) is 0 Å². The van der Waals surface area contributed by atoms with E-state index in [2.05, 4.69) is 10.3 Å². The van der Waals surface area contributed by atoms with Crippen LogP contribution in [0.3, 0.4) is 0 Å². The van der Waals surface area contributed by atoms with Gasteiger partial charge in [0.1, 0.15) is 17.3 Å². The van der Waals surface area contributed by atoms with E-state index in [9.17, 15) is 4.79 Å². The van der Waals surface area contributed by atoms with Gasteiger partial charge in [0.15, 0.2) is 5.76 Å². The number of methoxy groups -OCH3 is 2. The quantitative estimate of drug-likeness (QED) is 0.744. The molecule has 0 unspecified atom stereocenters. The Hall–Kier alpha value is -3.28. The van der Waals surface area contributed by atoms with Crippen molar-refractivity contribution < 1.29 is 18.7 Å². The van der Waals surface area contributed by atoms with Gasteiger partial charge in [-0.15, -0.1) is 0 Å². The SMILES string of the molecule is COc1ccc(OC)c(Cc2ccc(C(=O)Nc3ccncc3)o2)c1. The Kier molecular flexibility index (Phi) is 4.99. The monoisotopic (exact) mass is 338 g/mol. The molecule has 0 bridgehead atoms. The van der Waals surface area contributed by atoms with Gasteiger partial charge in [0, 0.05) is 30.1 Å². The number of rotatable bonds is 6. The van der Waals surface area contributed by atoms with Crippen molar-refractivity contribution in [3.63, 3.8) is 0 Å². The highest BCUT2D eigenvalue weighted by atomic mass is 16.5. The minimum Gasteiger partial charge on any atom is -0.497 e. The first-order valence-corrected chi connectivity index (χ1v) is 7.70. The summed E-state index contributed by atoms with van der Waals surface area (Å²) in [5.41, 5.74) is 1.57. The van der Waals surface area contributed by atoms with Crippen LogP contribution in [0.5, 0.6) is 11.5 Å². The third-order valence-corrected chi connectivity index (χ3v) is 3.68. The number of aromatic nitrogens is 1. The van der Waals surface area contributed by atoms with Crippen molar-refractivity contribution >= 4 is 11.6 Å². The molecule has 1 N–H and O–H groups in total. The lowest BCUT2D eigenvalue weighted by atomic mass is 10.1. The van der Waals surface area contributed by atoms with E-state index >= 15 is 0 Å². The second-order valence-electron chi connectivity index (χ2n) is 5.31. The molecule has 3 aromatic rings. The first-order chi connectivity index (χ1) is 12.2. The molecule has 6 nitrogen and oxygen atoms in total. The number of ether oxygens (including phenoxy) is 2. The van der Waals surface area contributed by atoms with Gasteiger partial charge < -0.3 is 19.2 Å². The zero-order valence-corrected chi connectivity index (χ0v) is 14.0. The van der Waals surface area contributed by atoms with E-state index in [1.807, 2.05) is 18.2 Å². The summed E-state index contributed by atoms with van der Waals surface area (Å²) < 4.78 is 16.3. The number of hydrogen-bond donors (Lipinski definition) is 1. The lowest BCUT2D eigenvalue weighted by molar-refractivity contribution is 0.0995. The Bertz CT molecular complexity index is 859. The highest BCUT2D eigenvalue weighted by Gasteiger charge is 2.14. The highest BCUT2D eigenvalue weighted by Crippen LogP contribution is 2.27. The molecule has 1 aromatic carbocycles. The van der Waals surface area contributed by atoms with Gasteiger partial charge in [-0.3, -0.25) is 9.78 Å². The second kappa shape index (κ2) is 7.53. The Morgan fingerprint density at radius 2 is 1.88 bits per heavy atom. The number of anilines is 1. The topological polar surface area (TPSA) is 73.6 Å². The third-order valence-electron chi connectivity index (χ3n) is 3.68. The number of nitrogens with one attached hydrogen (secondary N) is 1. The molecule has 0 radical (unpaired) electrons. The Labute approximate surface area is 145 Å². The van der Waals surface area contributed by atoms with Crippen molar-refractivity contribution in [2.45, 2.75) is 6.42 Å². The van der Waals surface area contributed by atoms with Gasteiger partial charge >= 0.3 is 0 Å². The number of amides is 1. The predicted octanol–water partition coefficient (Wildman–Crippen LogP) is 3.53. The summed E-state index contributed by atoms with van der Waals surface area (Å²) in [6, 6.07) is 12.4. The first-order valence-electron chi connectivity index (χ1n) is 7.70. The molecule has 1 amide bonds. The van der Waals surface area contributed by atoms with Crippen molar-refractivity contribution in [1.82, 2.24) is 4.98 Å². The number of furan rings is 1. The maximum Gasteiger partial charge on any atom is 0.291 e. The van der Waals surface area contributed by atoms with Crippen LogP contribution in [0.15, 0.2) is 59.3 Å². The molecule has 0 fully saturated rings. The molecule has 0 aliphatic carbocycles. The first kappa shape index (κ1) is 16.6. The normalized spacial score (nSPS) is 10.3. The Balaban J connectivity index is 1.74. The van der Waals surface area contributed by atoms with E-state index in [-0.39, 0.29) is 11.7 Å². The van der Waals surface area contributed by atoms with Crippen LogP contribution in [0.25, 0.3) is 0 Å². The van der Waals surface area contributed by atoms with Crippen molar-refractivity contribution in [2.24, 2.45) is 0 Å². The molecule has 0 aliphatic heterocycles. The van der Waals surface area contributed by atoms with Crippen LogP contribution in [0, 0.1) is 0 Å². The van der Waals surface area contributed by atoms with Gasteiger partial charge in [-0.1, -0.05) is 0 Å². The molecule has 2 aromatic heterocycles. The number of nitrogens with zero attached hydrogens (tertiary/aromatic N) is 1. The van der Waals surface area contributed by atoms with Gasteiger partial charge in [-0.25, -0.2) is 0 Å². The predicted molar refractivity (Wildman–Crippen MR) is 93.3 cm³/mol. The molecule has 0 saturated carbocycles. The molecule has 0 atom stereocenters. The van der Waals surface area contributed by atoms with E-state index in [4.69, 9.17) is 13.9 Å². The van der Waals surface area contributed by atoms with Gasteiger partial charge in [0.2, 0.25) is 0 Å². The van der Waals surface area contributed by atoms with Crippen molar-refractivity contribution in [3.05, 3.63) is 71.9 Å². The summed E-state index contributed by atoms with van der Waals surface area (Å²) >= 11 is 0. The van der Waals surface area contributed by atoms with Crippen LogP contribution in [-0.4, -0.2) is 25.1 Å². The van der Waals surface area contributed by atoms with Crippen LogP contribution in [0.4, 0.5) is 5.69 Å². The summed E-state index contributed by atoms with van der Waals surface area (Å²) in [6.07, 6.45) is 3.71. The van der Waals surface area contributed by atoms with Crippen LogP contribution >= 0.6 is 0 Å². The van der Waals surface area contributed by atoms with Crippen LogP contribution in [-0.2, 0) is 6.42 Å². The van der Waals surface area contributed by atoms with Crippen LogP contribution < -0.4 is 14.8 Å². The number of benzene rings is 1. The van der Waals surface area contributed by atoms with Crippen molar-refractivity contribution in [2.75, 3.05) is 19.5 Å². The van der Waals surface area contributed by atoms with E-state index in [1.54, 1.807) is 50.9 Å². The van der Waals surface area contributed by atoms with Crippen LogP contribution in [0.1, 0.15) is 21.9 Å². The number of carbonyl (C=O) groups excluding carboxylic acids is 1. The van der Waals surface area contributed by atoms with E-state index in [0.29, 0.717) is 17.9 Å². The fourth-order valence-corrected chi connectivity index (χ4v) is 2.43. The Morgan fingerprint density at radius 3 is 2.60 bits per heavy atom. The molecule has 6 heteroatoms. The van der Waals surface area contributed by atoms with E-state index in [1.165, 1.54) is 0 Å². The molecule has 25 heavy (non-hydrogen) atoms. The molecule has 0 spiro atoms. The van der Waals surface area contributed by atoms with Crippen LogP contribution in [0.2, 0.25) is 0 Å². The molecule has 128 valence electrons. The summed E-state index contributed by atoms with van der Waals surface area (Å²) in [5.74, 6) is 2.06. The fourth-order valence-electron chi connectivity index (χ4n) is 2.43. The highest BCUT2D eigenvalue weighted by molar-refractivity contribution is 6.02. The fraction of sp³-hybridized carbons (Fsp3) is 0.158. The smallest absolute Gasteiger partial charge is 0.291 e. The van der Waals surface area contributed by atoms with E-state index < -0.39 is 0 Å². The third kappa shape index (κ3) is 3.98. The molecular weight excluding hydrogens is 320 g/mol. The maximum absolute atomic E-state index is 12.2. The molecule has 2 heterocycles. The van der Waals surface area contributed by atoms with Gasteiger partial charge in [-0.05, 0) is 42.5 Å². The number of hydrogen-bond acceptors (Lipinski definition) is 5. The average molecular weight is 338 g/mol. The average Bonchev–Trinajstić information content (AvgIpc) is 3.11. The lowest BCUT2D eigenvalue weighted by Gasteiger charge is -2.09. The Morgan fingerprint density at radius 1 is 1.08 bits per heavy atom. The summed E-state index contributed by atoms with van der Waals surface area (Å²) in [6.45, 7) is 0. The van der Waals surface area contributed by atoms with E-state index in [0.717, 1.165) is 17.1 Å². The summed E-state index contributed by atoms with van der Waals surface area (Å²) in [4.78, 5) is 16.1. The molecule has 3 rings (SSSR count). The second-order valence-corrected chi connectivity index (χ2v) is 5.31. The zero-order chi connectivity index (χ0) is 17.6. The summed E-state index contributed by atoms with van der Waals surface area (Å²) in [7, 11) is 3.22. The number of carbonyl (C=O) groups is 1. The van der Waals surface area contributed by atoms with Crippen molar-refractivity contribution in [1.29, 1.82) is 0 Å². The zero-order valence-electron chi connectivity index (χ0n) is 14.0. The largest absolute Gasteiger partial charge is 0.497 e. The van der Waals surface area contributed by atoms with Gasteiger partial charge in [0.05, 0.1) is 14.2 Å². The van der Waals surface area contributed by atoms with Crippen molar-refractivity contribution in [3.8, 4) is 11.5 Å².